The summed E-state index contributed by atoms with van der Waals surface area (Å²) in [5.74, 6) is 1.06. The Bertz CT molecular complexity index is 1550. The van der Waals surface area contributed by atoms with Crippen LogP contribution in [0.25, 0.3) is 21.9 Å². The normalized spacial score (nSPS) is 26.2. The Morgan fingerprint density at radius 1 is 0.816 bits per heavy atom. The predicted molar refractivity (Wildman–Crippen MR) is 141 cm³/mol. The van der Waals surface area contributed by atoms with Crippen molar-refractivity contribution in [3.8, 4) is 0 Å². The van der Waals surface area contributed by atoms with Crippen LogP contribution in [0, 0.1) is 0 Å². The van der Waals surface area contributed by atoms with Crippen LogP contribution in [0.15, 0.2) is 46.9 Å². The highest BCUT2D eigenvalue weighted by atomic mass is 19.4. The smallest absolute Gasteiger partial charge is 0.417 e. The van der Waals surface area contributed by atoms with E-state index in [0.29, 0.717) is 23.9 Å². The van der Waals surface area contributed by atoms with E-state index in [1.807, 2.05) is 18.2 Å². The van der Waals surface area contributed by atoms with Gasteiger partial charge >= 0.3 is 6.18 Å². The van der Waals surface area contributed by atoms with Gasteiger partial charge in [-0.3, -0.25) is 9.80 Å². The predicted octanol–water partition coefficient (Wildman–Crippen LogP) is 6.73. The molecule has 4 aliphatic rings. The second kappa shape index (κ2) is 8.36. The molecule has 0 bridgehead atoms. The quantitative estimate of drug-likeness (QED) is 0.279. The van der Waals surface area contributed by atoms with E-state index in [2.05, 4.69) is 26.5 Å². The van der Waals surface area contributed by atoms with Crippen molar-refractivity contribution in [2.24, 2.45) is 0 Å². The Kier molecular flexibility index (Phi) is 5.09. The van der Waals surface area contributed by atoms with Crippen molar-refractivity contribution in [3.63, 3.8) is 0 Å². The number of nitrogens with zero attached hydrogens (tertiary/aromatic N) is 3. The molecule has 2 aromatic carbocycles. The fraction of sp³-hybridized carbons (Fsp3) is 0.484. The number of benzene rings is 2. The summed E-state index contributed by atoms with van der Waals surface area (Å²) < 4.78 is 52.2. The van der Waals surface area contributed by atoms with Crippen LogP contribution in [0.1, 0.15) is 60.0 Å². The first-order valence-electron chi connectivity index (χ1n) is 14.2. The van der Waals surface area contributed by atoms with Crippen LogP contribution < -0.4 is 0 Å². The summed E-state index contributed by atoms with van der Waals surface area (Å²) in [5, 5.41) is 1.59. The Labute approximate surface area is 220 Å². The van der Waals surface area contributed by atoms with E-state index in [1.165, 1.54) is 11.6 Å². The van der Waals surface area contributed by atoms with E-state index < -0.39 is 11.7 Å². The largest absolute Gasteiger partial charge is 0.461 e. The molecule has 3 unspecified atom stereocenters. The van der Waals surface area contributed by atoms with Gasteiger partial charge in [0.05, 0.1) is 17.2 Å². The fourth-order valence-electron chi connectivity index (χ4n) is 8.23. The molecule has 3 atom stereocenters. The van der Waals surface area contributed by atoms with Crippen LogP contribution in [0.2, 0.25) is 0 Å². The van der Waals surface area contributed by atoms with Crippen molar-refractivity contribution in [2.75, 3.05) is 19.6 Å². The molecule has 0 saturated carbocycles. The summed E-state index contributed by atoms with van der Waals surface area (Å²) in [7, 11) is 0. The molecular formula is C31H32F3N3O. The van der Waals surface area contributed by atoms with E-state index in [0.717, 1.165) is 98.1 Å². The van der Waals surface area contributed by atoms with Gasteiger partial charge in [0.2, 0.25) is 0 Å². The lowest BCUT2D eigenvalue weighted by atomic mass is 9.98. The summed E-state index contributed by atoms with van der Waals surface area (Å²) in [4.78, 5) is 5.09. The molecule has 2 aromatic heterocycles. The third-order valence-electron chi connectivity index (χ3n) is 9.82. The van der Waals surface area contributed by atoms with Crippen LogP contribution in [0.4, 0.5) is 13.2 Å². The van der Waals surface area contributed by atoms with Crippen molar-refractivity contribution in [3.05, 3.63) is 70.6 Å². The molecule has 0 spiro atoms. The molecule has 0 amide bonds. The molecule has 4 nitrogen and oxygen atoms in total. The Morgan fingerprint density at radius 2 is 1.66 bits per heavy atom. The summed E-state index contributed by atoms with van der Waals surface area (Å²) in [6.45, 7) is 2.95. The van der Waals surface area contributed by atoms with Gasteiger partial charge in [0.25, 0.3) is 0 Å². The van der Waals surface area contributed by atoms with E-state index in [4.69, 9.17) is 4.42 Å². The first-order chi connectivity index (χ1) is 18.5. The highest BCUT2D eigenvalue weighted by molar-refractivity contribution is 5.90. The van der Waals surface area contributed by atoms with Gasteiger partial charge in [-0.05, 0) is 62.4 Å². The lowest BCUT2D eigenvalue weighted by molar-refractivity contribution is -0.136. The Hall–Kier alpha value is -2.77. The van der Waals surface area contributed by atoms with Crippen LogP contribution in [-0.4, -0.2) is 46.1 Å². The average molecular weight is 520 g/mol. The molecule has 0 N–H and O–H groups in total. The molecule has 2 saturated heterocycles. The minimum atomic E-state index is -4.38. The van der Waals surface area contributed by atoms with E-state index >= 15 is 0 Å². The summed E-state index contributed by atoms with van der Waals surface area (Å²) in [5.41, 5.74) is 4.49. The molecule has 0 radical (unpaired) electrons. The molecule has 0 aliphatic carbocycles. The van der Waals surface area contributed by atoms with Crippen LogP contribution in [-0.2, 0) is 31.9 Å². The standard InChI is InChI=1S/C31H32F3N3O/c32-31(33,34)24-9-3-10-26-30(24)23-16-19-6-4-13-35(19)15-12-25(23)37(26)29-18-22-21-8-1-2-11-27(21)38-28(22)17-20-7-5-14-36(20)29/h1-3,8-11,19-20,29H,4-7,12-18H2. The molecule has 38 heavy (non-hydrogen) atoms. The number of hydrogen-bond acceptors (Lipinski definition) is 3. The Morgan fingerprint density at radius 3 is 2.55 bits per heavy atom. The van der Waals surface area contributed by atoms with E-state index in [9.17, 15) is 13.2 Å². The molecule has 6 heterocycles. The number of aromatic nitrogens is 1. The number of rotatable bonds is 1. The van der Waals surface area contributed by atoms with E-state index in [1.54, 1.807) is 6.07 Å². The number of halogens is 3. The van der Waals surface area contributed by atoms with Crippen molar-refractivity contribution in [2.45, 2.75) is 75.8 Å². The summed E-state index contributed by atoms with van der Waals surface area (Å²) in [6.07, 6.45) is 3.14. The third kappa shape index (κ3) is 3.37. The zero-order valence-electron chi connectivity index (χ0n) is 21.4. The van der Waals surface area contributed by atoms with Crippen LogP contribution >= 0.6 is 0 Å². The van der Waals surface area contributed by atoms with Crippen molar-refractivity contribution in [1.82, 2.24) is 14.4 Å². The van der Waals surface area contributed by atoms with Gasteiger partial charge in [-0.1, -0.05) is 24.3 Å². The maximum absolute atomic E-state index is 14.5. The Balaban J connectivity index is 1.38. The molecule has 198 valence electrons. The topological polar surface area (TPSA) is 24.6 Å². The van der Waals surface area contributed by atoms with Gasteiger partial charge in [-0.2, -0.15) is 13.2 Å². The second-order valence-electron chi connectivity index (χ2n) is 11.7. The van der Waals surface area contributed by atoms with Crippen molar-refractivity contribution >= 4 is 21.9 Å². The highest BCUT2D eigenvalue weighted by Gasteiger charge is 2.42. The maximum Gasteiger partial charge on any atom is 0.417 e. The van der Waals surface area contributed by atoms with E-state index in [-0.39, 0.29) is 6.17 Å². The minimum Gasteiger partial charge on any atom is -0.461 e. The number of furan rings is 1. The first-order valence-corrected chi connectivity index (χ1v) is 14.2. The third-order valence-corrected chi connectivity index (χ3v) is 9.82. The van der Waals surface area contributed by atoms with Gasteiger partial charge in [0.1, 0.15) is 11.3 Å². The number of para-hydroxylation sites is 1. The van der Waals surface area contributed by atoms with Gasteiger partial charge in [-0.25, -0.2) is 0 Å². The van der Waals surface area contributed by atoms with Crippen molar-refractivity contribution < 1.29 is 17.6 Å². The lowest BCUT2D eigenvalue weighted by Crippen LogP contribution is -2.38. The average Bonchev–Trinajstić information content (AvgIpc) is 3.64. The number of alkyl halides is 3. The van der Waals surface area contributed by atoms with Gasteiger partial charge in [0.15, 0.2) is 0 Å². The maximum atomic E-state index is 14.5. The second-order valence-corrected chi connectivity index (χ2v) is 11.7. The van der Waals surface area contributed by atoms with Crippen molar-refractivity contribution in [1.29, 1.82) is 0 Å². The molecule has 4 aliphatic heterocycles. The highest BCUT2D eigenvalue weighted by Crippen LogP contribution is 2.46. The molecule has 2 fully saturated rings. The molecule has 4 aromatic rings. The molecular weight excluding hydrogens is 487 g/mol. The minimum absolute atomic E-state index is 0.0209. The zero-order valence-corrected chi connectivity index (χ0v) is 21.4. The number of hydrogen-bond donors (Lipinski definition) is 0. The lowest BCUT2D eigenvalue weighted by Gasteiger charge is -2.34. The van der Waals surface area contributed by atoms with Crippen LogP contribution in [0.5, 0.6) is 0 Å². The number of fused-ring (bicyclic) bond motifs is 8. The summed E-state index contributed by atoms with van der Waals surface area (Å²) in [6, 6.07) is 13.8. The SMILES string of the molecule is FC(F)(F)c1cccc2c1c1c(n2C2Cc3c(oc4ccccc34)CC3CCCN32)CCN2CCCC2C1. The molecule has 8 rings (SSSR count). The zero-order chi connectivity index (χ0) is 25.6. The first kappa shape index (κ1) is 23.1. The molecule has 7 heteroatoms. The van der Waals surface area contributed by atoms with Gasteiger partial charge in [0, 0.05) is 66.5 Å². The fourth-order valence-corrected chi connectivity index (χ4v) is 8.23. The van der Waals surface area contributed by atoms with Gasteiger partial charge < -0.3 is 8.98 Å². The van der Waals surface area contributed by atoms with Crippen LogP contribution in [0.3, 0.4) is 0 Å². The summed E-state index contributed by atoms with van der Waals surface area (Å²) >= 11 is 0. The van der Waals surface area contributed by atoms with Gasteiger partial charge in [-0.15, -0.1) is 0 Å². The monoisotopic (exact) mass is 519 g/mol.